The van der Waals surface area contributed by atoms with Crippen molar-refractivity contribution >= 4 is 17.5 Å². The van der Waals surface area contributed by atoms with Gasteiger partial charge in [0.15, 0.2) is 0 Å². The molecular weight excluding hydrogens is 188 g/mol. The van der Waals surface area contributed by atoms with E-state index in [0.29, 0.717) is 6.42 Å². The molecule has 0 spiro atoms. The molecule has 0 aliphatic rings. The van der Waals surface area contributed by atoms with Crippen molar-refractivity contribution in [1.82, 2.24) is 4.98 Å². The van der Waals surface area contributed by atoms with Gasteiger partial charge in [-0.15, -0.1) is 11.6 Å². The molecule has 1 aromatic rings. The summed E-state index contributed by atoms with van der Waals surface area (Å²) in [4.78, 5) is 14.6. The zero-order chi connectivity index (χ0) is 9.84. The lowest BCUT2D eigenvalue weighted by molar-refractivity contribution is -0.117. The number of nitrogens with two attached hydrogens (primary N) is 1. The van der Waals surface area contributed by atoms with Crippen molar-refractivity contribution in [2.24, 2.45) is 5.73 Å². The largest absolute Gasteiger partial charge is 0.368 e. The smallest absolute Gasteiger partial charge is 0.235 e. The maximum atomic E-state index is 10.7. The molecule has 0 saturated heterocycles. The van der Waals surface area contributed by atoms with Gasteiger partial charge in [0.05, 0.1) is 0 Å². The first-order chi connectivity index (χ1) is 6.09. The average molecular weight is 199 g/mol. The molecule has 0 aliphatic heterocycles. The molecule has 3 nitrogen and oxygen atoms in total. The van der Waals surface area contributed by atoms with Gasteiger partial charge >= 0.3 is 0 Å². The maximum absolute atomic E-state index is 10.7. The van der Waals surface area contributed by atoms with Gasteiger partial charge in [0.25, 0.3) is 0 Å². The van der Waals surface area contributed by atoms with Crippen LogP contribution in [-0.4, -0.2) is 16.3 Å². The topological polar surface area (TPSA) is 56.0 Å². The molecule has 1 unspecified atom stereocenters. The molecular formula is C9H11ClN2O. The fraction of sp³-hybridized carbons (Fsp3) is 0.333. The van der Waals surface area contributed by atoms with Gasteiger partial charge in [-0.2, -0.15) is 0 Å². The molecule has 70 valence electrons. The van der Waals surface area contributed by atoms with E-state index in [1.54, 1.807) is 12.4 Å². The molecule has 1 rings (SSSR count). The van der Waals surface area contributed by atoms with Crippen LogP contribution in [0.4, 0.5) is 0 Å². The van der Waals surface area contributed by atoms with Gasteiger partial charge in [-0.25, -0.2) is 0 Å². The fourth-order valence-corrected chi connectivity index (χ4v) is 1.21. The predicted octanol–water partition coefficient (Wildman–Crippen LogP) is 1.03. The van der Waals surface area contributed by atoms with E-state index in [1.807, 2.05) is 13.0 Å². The molecule has 13 heavy (non-hydrogen) atoms. The highest BCUT2D eigenvalue weighted by atomic mass is 35.5. The number of aryl methyl sites for hydroxylation is 1. The number of pyridine rings is 1. The van der Waals surface area contributed by atoms with Crippen molar-refractivity contribution < 1.29 is 4.79 Å². The SMILES string of the molecule is Cc1cncc(CC(Cl)C(N)=O)c1. The van der Waals surface area contributed by atoms with Crippen LogP contribution >= 0.6 is 11.6 Å². The molecule has 1 amide bonds. The van der Waals surface area contributed by atoms with E-state index in [9.17, 15) is 4.79 Å². The lowest BCUT2D eigenvalue weighted by Gasteiger charge is -2.04. The summed E-state index contributed by atoms with van der Waals surface area (Å²) in [5.41, 5.74) is 7.01. The van der Waals surface area contributed by atoms with E-state index in [4.69, 9.17) is 17.3 Å². The highest BCUT2D eigenvalue weighted by molar-refractivity contribution is 6.30. The number of aromatic nitrogens is 1. The van der Waals surface area contributed by atoms with Crippen LogP contribution in [0.25, 0.3) is 0 Å². The molecule has 0 aromatic carbocycles. The van der Waals surface area contributed by atoms with Crippen LogP contribution in [0.15, 0.2) is 18.5 Å². The van der Waals surface area contributed by atoms with Crippen LogP contribution in [0.5, 0.6) is 0 Å². The molecule has 1 atom stereocenters. The molecule has 0 bridgehead atoms. The summed E-state index contributed by atoms with van der Waals surface area (Å²) in [5, 5.41) is -0.649. The molecule has 1 aromatic heterocycles. The number of hydrogen-bond acceptors (Lipinski definition) is 2. The molecule has 4 heteroatoms. The van der Waals surface area contributed by atoms with Crippen molar-refractivity contribution in [2.75, 3.05) is 0 Å². The summed E-state index contributed by atoms with van der Waals surface area (Å²) < 4.78 is 0. The monoisotopic (exact) mass is 198 g/mol. The summed E-state index contributed by atoms with van der Waals surface area (Å²) in [6.45, 7) is 1.93. The van der Waals surface area contributed by atoms with Gasteiger partial charge in [-0.05, 0) is 24.5 Å². The standard InChI is InChI=1S/C9H11ClN2O/c1-6-2-7(5-12-4-6)3-8(10)9(11)13/h2,4-5,8H,3H2,1H3,(H2,11,13). The summed E-state index contributed by atoms with van der Waals surface area (Å²) in [5.74, 6) is -0.497. The van der Waals surface area contributed by atoms with E-state index < -0.39 is 11.3 Å². The molecule has 1 heterocycles. The van der Waals surface area contributed by atoms with E-state index >= 15 is 0 Å². The predicted molar refractivity (Wildman–Crippen MR) is 51.5 cm³/mol. The van der Waals surface area contributed by atoms with Gasteiger partial charge in [0.1, 0.15) is 5.38 Å². The van der Waals surface area contributed by atoms with Gasteiger partial charge in [0, 0.05) is 12.4 Å². The van der Waals surface area contributed by atoms with Crippen LogP contribution in [0.1, 0.15) is 11.1 Å². The van der Waals surface area contributed by atoms with Crippen LogP contribution in [-0.2, 0) is 11.2 Å². The highest BCUT2D eigenvalue weighted by Crippen LogP contribution is 2.08. The van der Waals surface area contributed by atoms with Gasteiger partial charge in [0.2, 0.25) is 5.91 Å². The third kappa shape index (κ3) is 3.03. The van der Waals surface area contributed by atoms with Crippen LogP contribution in [0.2, 0.25) is 0 Å². The Morgan fingerprint density at radius 2 is 2.38 bits per heavy atom. The molecule has 0 radical (unpaired) electrons. The zero-order valence-electron chi connectivity index (χ0n) is 7.33. The quantitative estimate of drug-likeness (QED) is 0.738. The van der Waals surface area contributed by atoms with Crippen molar-refractivity contribution in [3.63, 3.8) is 0 Å². The number of alkyl halides is 1. The number of hydrogen-bond donors (Lipinski definition) is 1. The van der Waals surface area contributed by atoms with Gasteiger partial charge in [-0.1, -0.05) is 6.07 Å². The highest BCUT2D eigenvalue weighted by Gasteiger charge is 2.11. The lowest BCUT2D eigenvalue weighted by Crippen LogP contribution is -2.25. The first kappa shape index (κ1) is 9.99. The second-order valence-electron chi connectivity index (χ2n) is 2.94. The zero-order valence-corrected chi connectivity index (χ0v) is 8.08. The van der Waals surface area contributed by atoms with Crippen molar-refractivity contribution in [3.8, 4) is 0 Å². The second-order valence-corrected chi connectivity index (χ2v) is 3.47. The summed E-state index contributed by atoms with van der Waals surface area (Å²) in [7, 11) is 0. The van der Waals surface area contributed by atoms with Crippen molar-refractivity contribution in [1.29, 1.82) is 0 Å². The maximum Gasteiger partial charge on any atom is 0.235 e. The number of rotatable bonds is 3. The van der Waals surface area contributed by atoms with Crippen molar-refractivity contribution in [2.45, 2.75) is 18.7 Å². The molecule has 0 aliphatic carbocycles. The van der Waals surface area contributed by atoms with Crippen LogP contribution < -0.4 is 5.73 Å². The Kier molecular flexibility index (Phi) is 3.25. The third-order valence-electron chi connectivity index (χ3n) is 1.66. The average Bonchev–Trinajstić information content (AvgIpc) is 2.04. The number of carbonyl (C=O) groups is 1. The molecule has 0 fully saturated rings. The lowest BCUT2D eigenvalue weighted by atomic mass is 10.1. The third-order valence-corrected chi connectivity index (χ3v) is 2.02. The fourth-order valence-electron chi connectivity index (χ4n) is 1.04. The first-order valence-electron chi connectivity index (χ1n) is 3.93. The number of nitrogens with zero attached hydrogens (tertiary/aromatic N) is 1. The Bertz CT molecular complexity index is 314. The van der Waals surface area contributed by atoms with Gasteiger partial charge < -0.3 is 5.73 Å². The summed E-state index contributed by atoms with van der Waals surface area (Å²) in [6, 6.07) is 1.94. The number of amides is 1. The van der Waals surface area contributed by atoms with Crippen LogP contribution in [0, 0.1) is 6.92 Å². The van der Waals surface area contributed by atoms with Crippen LogP contribution in [0.3, 0.4) is 0 Å². The number of carbonyl (C=O) groups excluding carboxylic acids is 1. The first-order valence-corrected chi connectivity index (χ1v) is 4.37. The Balaban J connectivity index is 2.69. The van der Waals surface area contributed by atoms with E-state index in [2.05, 4.69) is 4.98 Å². The van der Waals surface area contributed by atoms with E-state index in [-0.39, 0.29) is 0 Å². The van der Waals surface area contributed by atoms with E-state index in [0.717, 1.165) is 11.1 Å². The Hall–Kier alpha value is -1.09. The number of halogens is 1. The molecule has 2 N–H and O–H groups in total. The minimum Gasteiger partial charge on any atom is -0.368 e. The van der Waals surface area contributed by atoms with E-state index in [1.165, 1.54) is 0 Å². The minimum atomic E-state index is -0.649. The van der Waals surface area contributed by atoms with Crippen molar-refractivity contribution in [3.05, 3.63) is 29.6 Å². The minimum absolute atomic E-state index is 0.436. The van der Waals surface area contributed by atoms with Gasteiger partial charge in [-0.3, -0.25) is 9.78 Å². The second kappa shape index (κ2) is 4.23. The summed E-state index contributed by atoms with van der Waals surface area (Å²) in [6.07, 6.45) is 3.87. The molecule has 0 saturated carbocycles. The summed E-state index contributed by atoms with van der Waals surface area (Å²) >= 11 is 5.70. The Morgan fingerprint density at radius 3 is 2.92 bits per heavy atom. The Morgan fingerprint density at radius 1 is 1.69 bits per heavy atom. The normalized spacial score (nSPS) is 12.5. The number of primary amides is 1. The Labute approximate surface area is 81.9 Å².